The second-order valence-electron chi connectivity index (χ2n) is 8.13. The molecule has 0 N–H and O–H groups in total. The van der Waals surface area contributed by atoms with Gasteiger partial charge in [0.1, 0.15) is 0 Å². The van der Waals surface area contributed by atoms with Crippen LogP contribution in [0.5, 0.6) is 0 Å². The van der Waals surface area contributed by atoms with Gasteiger partial charge in [-0.05, 0) is 66.8 Å². The van der Waals surface area contributed by atoms with Crippen LogP contribution in [0.15, 0.2) is 65.5 Å². The van der Waals surface area contributed by atoms with Gasteiger partial charge in [-0.3, -0.25) is 4.79 Å². The summed E-state index contributed by atoms with van der Waals surface area (Å²) in [6.07, 6.45) is 3.81. The third-order valence-electron chi connectivity index (χ3n) is 6.26. The van der Waals surface area contributed by atoms with Crippen LogP contribution in [0, 0.1) is 0 Å². The van der Waals surface area contributed by atoms with E-state index >= 15 is 0 Å². The van der Waals surface area contributed by atoms with Gasteiger partial charge < -0.3 is 9.30 Å². The molecule has 5 rings (SSSR count). The molecule has 0 aliphatic heterocycles. The van der Waals surface area contributed by atoms with Crippen molar-refractivity contribution in [2.24, 2.45) is 0 Å². The molecule has 0 spiro atoms. The number of pyridine rings is 1. The van der Waals surface area contributed by atoms with E-state index in [9.17, 15) is 9.59 Å². The Morgan fingerprint density at radius 2 is 1.58 bits per heavy atom. The van der Waals surface area contributed by atoms with Gasteiger partial charge in [0, 0.05) is 10.8 Å². The summed E-state index contributed by atoms with van der Waals surface area (Å²) in [6.45, 7) is 2.68. The van der Waals surface area contributed by atoms with Gasteiger partial charge in [-0.15, -0.1) is 0 Å². The highest BCUT2D eigenvalue weighted by Crippen LogP contribution is 2.35. The van der Waals surface area contributed by atoms with Crippen LogP contribution in [0.4, 0.5) is 0 Å². The van der Waals surface area contributed by atoms with Gasteiger partial charge in [0.05, 0.1) is 24.2 Å². The smallest absolute Gasteiger partial charge is 0.338 e. The van der Waals surface area contributed by atoms with Gasteiger partial charge in [0.2, 0.25) is 0 Å². The third kappa shape index (κ3) is 3.32. The molecule has 0 fully saturated rings. The van der Waals surface area contributed by atoms with Crippen molar-refractivity contribution < 1.29 is 9.53 Å². The fourth-order valence-corrected chi connectivity index (χ4v) is 4.90. The van der Waals surface area contributed by atoms with Crippen molar-refractivity contribution in [2.45, 2.75) is 39.2 Å². The fourth-order valence-electron chi connectivity index (χ4n) is 4.90. The van der Waals surface area contributed by atoms with Crippen LogP contribution in [0.1, 0.15) is 46.8 Å². The molecule has 31 heavy (non-hydrogen) atoms. The molecule has 0 unspecified atom stereocenters. The molecule has 4 heteroatoms. The van der Waals surface area contributed by atoms with E-state index < -0.39 is 0 Å². The number of nitrogens with zero attached hydrogens (tertiary/aromatic N) is 1. The molecule has 0 amide bonds. The first-order valence-corrected chi connectivity index (χ1v) is 11.0. The van der Waals surface area contributed by atoms with Crippen molar-refractivity contribution in [2.75, 3.05) is 6.61 Å². The summed E-state index contributed by atoms with van der Waals surface area (Å²) >= 11 is 0. The quantitative estimate of drug-likeness (QED) is 0.340. The number of aryl methyl sites for hydroxylation is 1. The molecule has 0 bridgehead atoms. The SMILES string of the molecule is CCOC(=O)c1cc2c3ccccc3c(=O)n(Cc3ccccc3)c2c2c1CCCC2. The maximum atomic E-state index is 13.6. The van der Waals surface area contributed by atoms with Gasteiger partial charge in [-0.2, -0.15) is 0 Å². The minimum absolute atomic E-state index is 0.0172. The molecule has 1 aromatic heterocycles. The Morgan fingerprint density at radius 3 is 2.32 bits per heavy atom. The molecule has 3 aromatic carbocycles. The fraction of sp³-hybridized carbons (Fsp3) is 0.259. The molecular formula is C27H25NO3. The van der Waals surface area contributed by atoms with E-state index in [1.54, 1.807) is 0 Å². The molecule has 0 atom stereocenters. The monoisotopic (exact) mass is 411 g/mol. The Hall–Kier alpha value is -3.40. The number of esters is 1. The standard InChI is InChI=1S/C27H25NO3/c1-2-31-27(30)24-16-23-20-13-7-9-15-22(20)26(29)28(17-18-10-4-3-5-11-18)25(23)21-14-8-6-12-19(21)24/h3-5,7,9-11,13,15-16H,2,6,8,12,14,17H2,1H3. The predicted molar refractivity (Wildman–Crippen MR) is 124 cm³/mol. The lowest BCUT2D eigenvalue weighted by Gasteiger charge is -2.24. The number of carbonyl (C=O) groups is 1. The molecule has 1 aliphatic carbocycles. The van der Waals surface area contributed by atoms with E-state index in [2.05, 4.69) is 0 Å². The number of ether oxygens (including phenoxy) is 1. The number of benzene rings is 3. The summed E-state index contributed by atoms with van der Waals surface area (Å²) in [5, 5.41) is 2.53. The van der Waals surface area contributed by atoms with Crippen molar-refractivity contribution in [1.82, 2.24) is 4.57 Å². The molecule has 4 nitrogen and oxygen atoms in total. The lowest BCUT2D eigenvalue weighted by atomic mass is 9.85. The van der Waals surface area contributed by atoms with Crippen LogP contribution in [-0.4, -0.2) is 17.1 Å². The maximum absolute atomic E-state index is 13.6. The summed E-state index contributed by atoms with van der Waals surface area (Å²) in [7, 11) is 0. The first-order valence-electron chi connectivity index (χ1n) is 11.0. The molecule has 0 saturated heterocycles. The number of fused-ring (bicyclic) bond motifs is 5. The minimum Gasteiger partial charge on any atom is -0.462 e. The van der Waals surface area contributed by atoms with Crippen molar-refractivity contribution in [3.8, 4) is 0 Å². The summed E-state index contributed by atoms with van der Waals surface area (Å²) in [5.41, 5.74) is 4.90. The van der Waals surface area contributed by atoms with Gasteiger partial charge in [-0.25, -0.2) is 4.79 Å². The Morgan fingerprint density at radius 1 is 0.903 bits per heavy atom. The summed E-state index contributed by atoms with van der Waals surface area (Å²) < 4.78 is 7.31. The highest BCUT2D eigenvalue weighted by atomic mass is 16.5. The van der Waals surface area contributed by atoms with Crippen molar-refractivity contribution in [3.05, 3.63) is 93.3 Å². The van der Waals surface area contributed by atoms with Gasteiger partial charge in [-0.1, -0.05) is 48.5 Å². The van der Waals surface area contributed by atoms with Crippen LogP contribution in [-0.2, 0) is 24.1 Å². The van der Waals surface area contributed by atoms with Crippen molar-refractivity contribution in [3.63, 3.8) is 0 Å². The molecule has 1 aliphatic rings. The number of aromatic nitrogens is 1. The van der Waals surface area contributed by atoms with Gasteiger partial charge in [0.25, 0.3) is 5.56 Å². The second-order valence-corrected chi connectivity index (χ2v) is 8.13. The lowest BCUT2D eigenvalue weighted by molar-refractivity contribution is 0.0525. The highest BCUT2D eigenvalue weighted by Gasteiger charge is 2.25. The van der Waals surface area contributed by atoms with E-state index in [4.69, 9.17) is 4.74 Å². The van der Waals surface area contributed by atoms with Crippen LogP contribution < -0.4 is 5.56 Å². The zero-order valence-electron chi connectivity index (χ0n) is 17.7. The Kier molecular flexibility index (Phi) is 5.06. The average molecular weight is 412 g/mol. The number of carbonyl (C=O) groups excluding carboxylic acids is 1. The van der Waals surface area contributed by atoms with E-state index in [1.807, 2.05) is 72.2 Å². The van der Waals surface area contributed by atoms with Crippen LogP contribution >= 0.6 is 0 Å². The predicted octanol–water partition coefficient (Wildman–Crippen LogP) is 5.26. The van der Waals surface area contributed by atoms with Crippen molar-refractivity contribution in [1.29, 1.82) is 0 Å². The highest BCUT2D eigenvalue weighted by molar-refractivity contribution is 6.10. The minimum atomic E-state index is -0.271. The summed E-state index contributed by atoms with van der Waals surface area (Å²) in [5.74, 6) is -0.271. The second kappa shape index (κ2) is 8.03. The van der Waals surface area contributed by atoms with Gasteiger partial charge >= 0.3 is 5.97 Å². The third-order valence-corrected chi connectivity index (χ3v) is 6.26. The van der Waals surface area contributed by atoms with E-state index in [0.29, 0.717) is 24.1 Å². The molecule has 0 saturated carbocycles. The first kappa shape index (κ1) is 19.6. The van der Waals surface area contributed by atoms with Gasteiger partial charge in [0.15, 0.2) is 0 Å². The average Bonchev–Trinajstić information content (AvgIpc) is 2.81. The number of hydrogen-bond donors (Lipinski definition) is 0. The zero-order chi connectivity index (χ0) is 21.4. The number of rotatable bonds is 4. The largest absolute Gasteiger partial charge is 0.462 e. The van der Waals surface area contributed by atoms with E-state index in [-0.39, 0.29) is 11.5 Å². The topological polar surface area (TPSA) is 48.3 Å². The lowest BCUT2D eigenvalue weighted by Crippen LogP contribution is -2.24. The first-order chi connectivity index (χ1) is 15.2. The van der Waals surface area contributed by atoms with Crippen LogP contribution in [0.25, 0.3) is 21.7 Å². The Labute approximate surface area is 181 Å². The van der Waals surface area contributed by atoms with E-state index in [0.717, 1.165) is 58.7 Å². The van der Waals surface area contributed by atoms with Crippen LogP contribution in [0.3, 0.4) is 0 Å². The maximum Gasteiger partial charge on any atom is 0.338 e. The Bertz CT molecular complexity index is 1350. The molecular weight excluding hydrogens is 386 g/mol. The van der Waals surface area contributed by atoms with Crippen molar-refractivity contribution >= 4 is 27.6 Å². The molecule has 0 radical (unpaired) electrons. The normalized spacial score (nSPS) is 13.3. The summed E-state index contributed by atoms with van der Waals surface area (Å²) in [6, 6.07) is 19.7. The molecule has 156 valence electrons. The number of hydrogen-bond acceptors (Lipinski definition) is 3. The van der Waals surface area contributed by atoms with Crippen LogP contribution in [0.2, 0.25) is 0 Å². The van der Waals surface area contributed by atoms with E-state index in [1.165, 1.54) is 0 Å². The molecule has 1 heterocycles. The molecule has 4 aromatic rings. The summed E-state index contributed by atoms with van der Waals surface area (Å²) in [4.78, 5) is 26.5. The Balaban J connectivity index is 1.90. The zero-order valence-corrected chi connectivity index (χ0v) is 17.7.